The van der Waals surface area contributed by atoms with Crippen LogP contribution in [0, 0.1) is 3.57 Å². The lowest BCUT2D eigenvalue weighted by atomic mass is 10.3. The average molecular weight is 382 g/mol. The highest BCUT2D eigenvalue weighted by Gasteiger charge is 2.15. The number of phenols is 1. The molecule has 0 spiro atoms. The van der Waals surface area contributed by atoms with Crippen LogP contribution in [0.4, 0.5) is 11.4 Å². The van der Waals surface area contributed by atoms with Gasteiger partial charge in [-0.2, -0.15) is 0 Å². The molecule has 0 saturated carbocycles. The normalized spacial score (nSPS) is 9.85. The van der Waals surface area contributed by atoms with E-state index in [2.05, 4.69) is 10.6 Å². The summed E-state index contributed by atoms with van der Waals surface area (Å²) in [7, 11) is 0. The standard InChI is InChI=1S/C14H11IN2O3/c15-11-8-10(18)6-7-12(11)17-14(20)13(19)16-9-4-2-1-3-5-9/h1-8,18H,(H,16,19)(H,17,20). The summed E-state index contributed by atoms with van der Waals surface area (Å²) in [6.07, 6.45) is 0. The first-order valence-electron chi connectivity index (χ1n) is 5.72. The molecule has 5 nitrogen and oxygen atoms in total. The molecular formula is C14H11IN2O3. The largest absolute Gasteiger partial charge is 0.508 e. The van der Waals surface area contributed by atoms with E-state index in [1.165, 1.54) is 18.2 Å². The van der Waals surface area contributed by atoms with E-state index in [-0.39, 0.29) is 5.75 Å². The Hall–Kier alpha value is -2.09. The fourth-order valence-corrected chi connectivity index (χ4v) is 2.13. The minimum Gasteiger partial charge on any atom is -0.508 e. The van der Waals surface area contributed by atoms with Crippen LogP contribution in [0.2, 0.25) is 0 Å². The van der Waals surface area contributed by atoms with E-state index in [1.54, 1.807) is 24.3 Å². The van der Waals surface area contributed by atoms with E-state index in [0.29, 0.717) is 14.9 Å². The molecule has 0 atom stereocenters. The van der Waals surface area contributed by atoms with E-state index in [4.69, 9.17) is 0 Å². The van der Waals surface area contributed by atoms with Crippen LogP contribution >= 0.6 is 22.6 Å². The number of aromatic hydroxyl groups is 1. The summed E-state index contributed by atoms with van der Waals surface area (Å²) in [5, 5.41) is 14.3. The second-order valence-corrected chi connectivity index (χ2v) is 5.10. The maximum absolute atomic E-state index is 11.8. The summed E-state index contributed by atoms with van der Waals surface area (Å²) in [6.45, 7) is 0. The zero-order valence-corrected chi connectivity index (χ0v) is 12.4. The van der Waals surface area contributed by atoms with Gasteiger partial charge in [-0.05, 0) is 52.9 Å². The van der Waals surface area contributed by atoms with E-state index >= 15 is 0 Å². The molecule has 0 heterocycles. The molecule has 2 aromatic carbocycles. The third-order valence-electron chi connectivity index (χ3n) is 2.44. The molecule has 2 aromatic rings. The zero-order valence-electron chi connectivity index (χ0n) is 10.3. The van der Waals surface area contributed by atoms with Gasteiger partial charge in [0.2, 0.25) is 0 Å². The first kappa shape index (κ1) is 14.3. The number of carbonyl (C=O) groups excluding carboxylic acids is 2. The third-order valence-corrected chi connectivity index (χ3v) is 3.33. The highest BCUT2D eigenvalue weighted by molar-refractivity contribution is 14.1. The second kappa shape index (κ2) is 6.38. The number of hydrogen-bond donors (Lipinski definition) is 3. The van der Waals surface area contributed by atoms with Crippen LogP contribution < -0.4 is 10.6 Å². The first-order chi connectivity index (χ1) is 9.56. The van der Waals surface area contributed by atoms with Gasteiger partial charge in [-0.25, -0.2) is 0 Å². The maximum Gasteiger partial charge on any atom is 0.314 e. The van der Waals surface area contributed by atoms with Crippen LogP contribution in [-0.4, -0.2) is 16.9 Å². The number of amides is 2. The molecule has 3 N–H and O–H groups in total. The number of carbonyl (C=O) groups is 2. The molecule has 0 aromatic heterocycles. The van der Waals surface area contributed by atoms with Gasteiger partial charge in [0.05, 0.1) is 5.69 Å². The highest BCUT2D eigenvalue weighted by Crippen LogP contribution is 2.22. The van der Waals surface area contributed by atoms with E-state index in [9.17, 15) is 14.7 Å². The van der Waals surface area contributed by atoms with Gasteiger partial charge < -0.3 is 15.7 Å². The molecule has 0 aliphatic heterocycles. The Morgan fingerprint density at radius 1 is 0.950 bits per heavy atom. The first-order valence-corrected chi connectivity index (χ1v) is 6.80. The van der Waals surface area contributed by atoms with Crippen molar-refractivity contribution in [2.24, 2.45) is 0 Å². The molecule has 0 saturated heterocycles. The molecule has 0 aliphatic carbocycles. The number of benzene rings is 2. The van der Waals surface area contributed by atoms with Gasteiger partial charge in [-0.1, -0.05) is 18.2 Å². The van der Waals surface area contributed by atoms with Crippen molar-refractivity contribution in [2.75, 3.05) is 10.6 Å². The van der Waals surface area contributed by atoms with Crippen LogP contribution in [0.1, 0.15) is 0 Å². The van der Waals surface area contributed by atoms with Crippen molar-refractivity contribution in [3.8, 4) is 5.75 Å². The minimum atomic E-state index is -0.766. The van der Waals surface area contributed by atoms with Crippen molar-refractivity contribution in [2.45, 2.75) is 0 Å². The van der Waals surface area contributed by atoms with E-state index in [0.717, 1.165) is 0 Å². The zero-order chi connectivity index (χ0) is 14.5. The third kappa shape index (κ3) is 3.70. The van der Waals surface area contributed by atoms with Gasteiger partial charge >= 0.3 is 11.8 Å². The lowest BCUT2D eigenvalue weighted by Crippen LogP contribution is -2.29. The molecule has 2 amide bonds. The Kier molecular flexibility index (Phi) is 4.57. The van der Waals surface area contributed by atoms with Crippen molar-refractivity contribution in [3.63, 3.8) is 0 Å². The summed E-state index contributed by atoms with van der Waals surface area (Å²) < 4.78 is 0.642. The van der Waals surface area contributed by atoms with Crippen molar-refractivity contribution >= 4 is 45.8 Å². The summed E-state index contributed by atoms with van der Waals surface area (Å²) in [6, 6.07) is 13.2. The second-order valence-electron chi connectivity index (χ2n) is 3.94. The molecule has 0 bridgehead atoms. The molecule has 0 aliphatic rings. The minimum absolute atomic E-state index is 0.0983. The van der Waals surface area contributed by atoms with Crippen molar-refractivity contribution < 1.29 is 14.7 Å². The fraction of sp³-hybridized carbons (Fsp3) is 0. The Morgan fingerprint density at radius 3 is 2.25 bits per heavy atom. The van der Waals surface area contributed by atoms with Crippen LogP contribution in [0.5, 0.6) is 5.75 Å². The number of para-hydroxylation sites is 1. The van der Waals surface area contributed by atoms with E-state index in [1.807, 2.05) is 28.7 Å². The summed E-state index contributed by atoms with van der Waals surface area (Å²) in [4.78, 5) is 23.5. The fourth-order valence-electron chi connectivity index (χ4n) is 1.49. The molecule has 0 fully saturated rings. The Labute approximate surface area is 129 Å². The van der Waals surface area contributed by atoms with Crippen LogP contribution in [-0.2, 0) is 9.59 Å². The molecule has 0 unspecified atom stereocenters. The number of anilines is 2. The predicted octanol–water partition coefficient (Wildman–Crippen LogP) is 2.57. The molecule has 6 heteroatoms. The smallest absolute Gasteiger partial charge is 0.314 e. The number of rotatable bonds is 2. The Morgan fingerprint density at radius 2 is 1.60 bits per heavy atom. The lowest BCUT2D eigenvalue weighted by Gasteiger charge is -2.08. The quantitative estimate of drug-likeness (QED) is 0.425. The van der Waals surface area contributed by atoms with Gasteiger partial charge in [0.25, 0.3) is 0 Å². The van der Waals surface area contributed by atoms with Crippen LogP contribution in [0.15, 0.2) is 48.5 Å². The van der Waals surface area contributed by atoms with Gasteiger partial charge in [-0.3, -0.25) is 9.59 Å². The number of hydrogen-bond acceptors (Lipinski definition) is 3. The summed E-state index contributed by atoms with van der Waals surface area (Å²) in [5.74, 6) is -1.42. The van der Waals surface area contributed by atoms with Crippen molar-refractivity contribution in [1.29, 1.82) is 0 Å². The lowest BCUT2D eigenvalue weighted by molar-refractivity contribution is -0.133. The molecule has 2 rings (SSSR count). The summed E-state index contributed by atoms with van der Waals surface area (Å²) in [5.41, 5.74) is 1.02. The molecule has 20 heavy (non-hydrogen) atoms. The van der Waals surface area contributed by atoms with Crippen molar-refractivity contribution in [1.82, 2.24) is 0 Å². The maximum atomic E-state index is 11.8. The topological polar surface area (TPSA) is 78.4 Å². The van der Waals surface area contributed by atoms with Gasteiger partial charge in [0.1, 0.15) is 5.75 Å². The number of phenolic OH excluding ortho intramolecular Hbond substituents is 1. The Balaban J connectivity index is 2.03. The van der Waals surface area contributed by atoms with Crippen LogP contribution in [0.25, 0.3) is 0 Å². The number of halogens is 1. The molecule has 0 radical (unpaired) electrons. The monoisotopic (exact) mass is 382 g/mol. The van der Waals surface area contributed by atoms with Gasteiger partial charge in [0.15, 0.2) is 0 Å². The average Bonchev–Trinajstić information content (AvgIpc) is 2.43. The van der Waals surface area contributed by atoms with E-state index < -0.39 is 11.8 Å². The highest BCUT2D eigenvalue weighted by atomic mass is 127. The SMILES string of the molecule is O=C(Nc1ccccc1)C(=O)Nc1ccc(O)cc1I. The van der Waals surface area contributed by atoms with Crippen LogP contribution in [0.3, 0.4) is 0 Å². The van der Waals surface area contributed by atoms with Gasteiger partial charge in [-0.15, -0.1) is 0 Å². The van der Waals surface area contributed by atoms with Crippen molar-refractivity contribution in [3.05, 3.63) is 52.1 Å². The predicted molar refractivity (Wildman–Crippen MR) is 84.5 cm³/mol. The molecular weight excluding hydrogens is 371 g/mol. The summed E-state index contributed by atoms with van der Waals surface area (Å²) >= 11 is 1.96. The number of nitrogens with one attached hydrogen (secondary N) is 2. The van der Waals surface area contributed by atoms with Gasteiger partial charge in [0, 0.05) is 9.26 Å². The Bertz CT molecular complexity index is 644. The molecule has 102 valence electrons.